The summed E-state index contributed by atoms with van der Waals surface area (Å²) >= 11 is 3.41. The van der Waals surface area contributed by atoms with Crippen molar-refractivity contribution < 1.29 is 9.53 Å². The van der Waals surface area contributed by atoms with E-state index in [1.165, 1.54) is 25.7 Å². The number of ether oxygens (including phenoxy) is 1. The quantitative estimate of drug-likeness (QED) is 0.785. The summed E-state index contributed by atoms with van der Waals surface area (Å²) in [4.78, 5) is 10.9. The van der Waals surface area contributed by atoms with E-state index in [0.29, 0.717) is 17.2 Å². The van der Waals surface area contributed by atoms with Gasteiger partial charge in [-0.2, -0.15) is 0 Å². The zero-order chi connectivity index (χ0) is 11.4. The predicted molar refractivity (Wildman–Crippen MR) is 67.0 cm³/mol. The van der Waals surface area contributed by atoms with E-state index in [4.69, 9.17) is 4.74 Å². The van der Waals surface area contributed by atoms with Crippen molar-refractivity contribution in [2.75, 3.05) is 6.61 Å². The molecule has 2 nitrogen and oxygen atoms in total. The molecule has 0 atom stereocenters. The fourth-order valence-corrected chi connectivity index (χ4v) is 2.64. The SMILES string of the molecule is O=Cc1cccc(Br)c1OCC1CCCC1. The Morgan fingerprint density at radius 1 is 1.38 bits per heavy atom. The van der Waals surface area contributed by atoms with Gasteiger partial charge < -0.3 is 4.74 Å². The molecule has 1 fully saturated rings. The van der Waals surface area contributed by atoms with Crippen LogP contribution in [-0.4, -0.2) is 12.9 Å². The van der Waals surface area contributed by atoms with E-state index in [1.54, 1.807) is 6.07 Å². The second-order valence-electron chi connectivity index (χ2n) is 4.24. The molecule has 0 aliphatic heterocycles. The second-order valence-corrected chi connectivity index (χ2v) is 5.09. The van der Waals surface area contributed by atoms with Gasteiger partial charge in [-0.1, -0.05) is 18.9 Å². The predicted octanol–water partition coefficient (Wildman–Crippen LogP) is 3.83. The van der Waals surface area contributed by atoms with Crippen LogP contribution < -0.4 is 4.74 Å². The van der Waals surface area contributed by atoms with Gasteiger partial charge in [0.25, 0.3) is 0 Å². The highest BCUT2D eigenvalue weighted by atomic mass is 79.9. The molecular weight excluding hydrogens is 268 g/mol. The molecule has 0 heterocycles. The minimum atomic E-state index is 0.618. The maximum atomic E-state index is 10.9. The maximum absolute atomic E-state index is 10.9. The number of carbonyl (C=O) groups is 1. The molecule has 0 N–H and O–H groups in total. The van der Waals surface area contributed by atoms with Gasteiger partial charge in [0.15, 0.2) is 6.29 Å². The van der Waals surface area contributed by atoms with Crippen LogP contribution in [0.2, 0.25) is 0 Å². The Hall–Kier alpha value is -0.830. The van der Waals surface area contributed by atoms with Crippen LogP contribution in [0.1, 0.15) is 36.0 Å². The van der Waals surface area contributed by atoms with Gasteiger partial charge in [0.2, 0.25) is 0 Å². The van der Waals surface area contributed by atoms with E-state index in [1.807, 2.05) is 12.1 Å². The van der Waals surface area contributed by atoms with Crippen LogP contribution in [0.5, 0.6) is 5.75 Å². The first-order chi connectivity index (χ1) is 7.81. The molecule has 2 rings (SSSR count). The van der Waals surface area contributed by atoms with Crippen molar-refractivity contribution in [3.8, 4) is 5.75 Å². The summed E-state index contributed by atoms with van der Waals surface area (Å²) in [6.45, 7) is 0.726. The van der Waals surface area contributed by atoms with E-state index < -0.39 is 0 Å². The molecular formula is C13H15BrO2. The van der Waals surface area contributed by atoms with Gasteiger partial charge in [-0.15, -0.1) is 0 Å². The van der Waals surface area contributed by atoms with Crippen LogP contribution in [0, 0.1) is 5.92 Å². The molecule has 0 bridgehead atoms. The fourth-order valence-electron chi connectivity index (χ4n) is 2.15. The third-order valence-electron chi connectivity index (χ3n) is 3.06. The summed E-state index contributed by atoms with van der Waals surface area (Å²) in [5.74, 6) is 1.34. The van der Waals surface area contributed by atoms with Gasteiger partial charge in [-0.25, -0.2) is 0 Å². The maximum Gasteiger partial charge on any atom is 0.153 e. The highest BCUT2D eigenvalue weighted by Crippen LogP contribution is 2.30. The average molecular weight is 283 g/mol. The van der Waals surface area contributed by atoms with Crippen molar-refractivity contribution in [1.82, 2.24) is 0 Å². The summed E-state index contributed by atoms with van der Waals surface area (Å²) in [5.41, 5.74) is 0.618. The van der Waals surface area contributed by atoms with Crippen LogP contribution in [0.4, 0.5) is 0 Å². The summed E-state index contributed by atoms with van der Waals surface area (Å²) in [5, 5.41) is 0. The summed E-state index contributed by atoms with van der Waals surface area (Å²) in [6.07, 6.45) is 5.96. The third-order valence-corrected chi connectivity index (χ3v) is 3.69. The number of rotatable bonds is 4. The van der Waals surface area contributed by atoms with E-state index in [2.05, 4.69) is 15.9 Å². The molecule has 1 aromatic carbocycles. The first kappa shape index (κ1) is 11.6. The Morgan fingerprint density at radius 2 is 2.12 bits per heavy atom. The van der Waals surface area contributed by atoms with Crippen molar-refractivity contribution in [3.05, 3.63) is 28.2 Å². The Morgan fingerprint density at radius 3 is 2.81 bits per heavy atom. The van der Waals surface area contributed by atoms with Gasteiger partial charge in [0.1, 0.15) is 5.75 Å². The van der Waals surface area contributed by atoms with E-state index in [0.717, 1.165) is 17.4 Å². The number of aldehydes is 1. The lowest BCUT2D eigenvalue weighted by Crippen LogP contribution is -2.09. The molecule has 0 radical (unpaired) electrons. The van der Waals surface area contributed by atoms with Gasteiger partial charge in [0, 0.05) is 0 Å². The molecule has 0 saturated heterocycles. The van der Waals surface area contributed by atoms with Crippen LogP contribution in [0.15, 0.2) is 22.7 Å². The molecule has 0 aromatic heterocycles. The van der Waals surface area contributed by atoms with Gasteiger partial charge >= 0.3 is 0 Å². The van der Waals surface area contributed by atoms with Gasteiger partial charge in [-0.05, 0) is 46.8 Å². The van der Waals surface area contributed by atoms with Gasteiger partial charge in [0.05, 0.1) is 16.6 Å². The fraction of sp³-hybridized carbons (Fsp3) is 0.462. The molecule has 3 heteroatoms. The lowest BCUT2D eigenvalue weighted by Gasteiger charge is -2.13. The third kappa shape index (κ3) is 2.64. The minimum Gasteiger partial charge on any atom is -0.491 e. The minimum absolute atomic E-state index is 0.618. The van der Waals surface area contributed by atoms with Crippen molar-refractivity contribution >= 4 is 22.2 Å². The van der Waals surface area contributed by atoms with Crippen molar-refractivity contribution in [3.63, 3.8) is 0 Å². The molecule has 16 heavy (non-hydrogen) atoms. The summed E-state index contributed by atoms with van der Waals surface area (Å²) in [6, 6.07) is 5.52. The molecule has 0 amide bonds. The van der Waals surface area contributed by atoms with E-state index in [9.17, 15) is 4.79 Å². The smallest absolute Gasteiger partial charge is 0.153 e. The molecule has 1 aliphatic rings. The Bertz CT molecular complexity index is 370. The van der Waals surface area contributed by atoms with Crippen LogP contribution in [0.25, 0.3) is 0 Å². The molecule has 1 saturated carbocycles. The van der Waals surface area contributed by atoms with Crippen LogP contribution in [-0.2, 0) is 0 Å². The Labute approximate surface area is 104 Å². The van der Waals surface area contributed by atoms with Crippen LogP contribution in [0.3, 0.4) is 0 Å². The molecule has 1 aromatic rings. The highest BCUT2D eigenvalue weighted by molar-refractivity contribution is 9.10. The molecule has 0 spiro atoms. The normalized spacial score (nSPS) is 16.3. The average Bonchev–Trinajstić information content (AvgIpc) is 2.80. The Kier molecular flexibility index (Phi) is 3.99. The topological polar surface area (TPSA) is 26.3 Å². The highest BCUT2D eigenvalue weighted by Gasteiger charge is 2.17. The number of hydrogen-bond donors (Lipinski definition) is 0. The number of hydrogen-bond acceptors (Lipinski definition) is 2. The lowest BCUT2D eigenvalue weighted by molar-refractivity contribution is 0.111. The van der Waals surface area contributed by atoms with Gasteiger partial charge in [-0.3, -0.25) is 4.79 Å². The van der Waals surface area contributed by atoms with E-state index in [-0.39, 0.29) is 0 Å². The molecule has 0 unspecified atom stereocenters. The van der Waals surface area contributed by atoms with Crippen molar-refractivity contribution in [1.29, 1.82) is 0 Å². The Balaban J connectivity index is 2.04. The van der Waals surface area contributed by atoms with E-state index >= 15 is 0 Å². The van der Waals surface area contributed by atoms with Crippen molar-refractivity contribution in [2.45, 2.75) is 25.7 Å². The number of carbonyl (C=O) groups excluding carboxylic acids is 1. The summed E-state index contributed by atoms with van der Waals surface area (Å²) < 4.78 is 6.62. The summed E-state index contributed by atoms with van der Waals surface area (Å²) in [7, 11) is 0. The number of para-hydroxylation sites is 1. The van der Waals surface area contributed by atoms with Crippen molar-refractivity contribution in [2.24, 2.45) is 5.92 Å². The standard InChI is InChI=1S/C13H15BrO2/c14-12-7-3-6-11(8-15)13(12)16-9-10-4-1-2-5-10/h3,6-8,10H,1-2,4-5,9H2. The lowest BCUT2D eigenvalue weighted by atomic mass is 10.1. The molecule has 1 aliphatic carbocycles. The zero-order valence-corrected chi connectivity index (χ0v) is 10.7. The number of halogens is 1. The first-order valence-corrected chi connectivity index (χ1v) is 6.47. The zero-order valence-electron chi connectivity index (χ0n) is 9.12. The number of benzene rings is 1. The second kappa shape index (κ2) is 5.48. The molecule has 86 valence electrons. The monoisotopic (exact) mass is 282 g/mol. The van der Waals surface area contributed by atoms with Crippen LogP contribution >= 0.6 is 15.9 Å². The largest absolute Gasteiger partial charge is 0.491 e. The first-order valence-electron chi connectivity index (χ1n) is 5.67.